The highest BCUT2D eigenvalue weighted by Crippen LogP contribution is 2.33. The molecule has 5 nitrogen and oxygen atoms in total. The zero-order chi connectivity index (χ0) is 14.5. The standard InChI is InChI=1S/C15H17N3O2/c1-2-13(11-7-4-3-5-8-11)17-14-10-6-9-12(16)15(14)18(19)20/h3-10,13,17H,2,16H2,1H3. The predicted octanol–water partition coefficient (Wildman–Crippen LogP) is 3.74. The molecule has 0 radical (unpaired) electrons. The largest absolute Gasteiger partial charge is 0.393 e. The van der Waals surface area contributed by atoms with Crippen LogP contribution < -0.4 is 11.1 Å². The Morgan fingerprint density at radius 2 is 1.90 bits per heavy atom. The van der Waals surface area contributed by atoms with E-state index in [-0.39, 0.29) is 17.4 Å². The van der Waals surface area contributed by atoms with Gasteiger partial charge in [0.2, 0.25) is 0 Å². The number of nitrogen functional groups attached to an aromatic ring is 1. The SMILES string of the molecule is CCC(Nc1cccc(N)c1[N+](=O)[O-])c1ccccc1. The molecule has 3 N–H and O–H groups in total. The monoisotopic (exact) mass is 271 g/mol. The number of hydrogen-bond donors (Lipinski definition) is 2. The van der Waals surface area contributed by atoms with Gasteiger partial charge in [0, 0.05) is 0 Å². The molecule has 0 saturated heterocycles. The van der Waals surface area contributed by atoms with Crippen LogP contribution in [0.25, 0.3) is 0 Å². The smallest absolute Gasteiger partial charge is 0.314 e. The number of nitro groups is 1. The van der Waals surface area contributed by atoms with Crippen LogP contribution in [0.15, 0.2) is 48.5 Å². The summed E-state index contributed by atoms with van der Waals surface area (Å²) in [5.41, 5.74) is 7.34. The van der Waals surface area contributed by atoms with Crippen molar-refractivity contribution in [3.8, 4) is 0 Å². The first-order valence-corrected chi connectivity index (χ1v) is 6.47. The second-order valence-corrected chi connectivity index (χ2v) is 4.52. The zero-order valence-electron chi connectivity index (χ0n) is 11.2. The average Bonchev–Trinajstić information content (AvgIpc) is 2.45. The maximum Gasteiger partial charge on any atom is 0.314 e. The lowest BCUT2D eigenvalue weighted by Gasteiger charge is -2.19. The van der Waals surface area contributed by atoms with Gasteiger partial charge < -0.3 is 11.1 Å². The number of anilines is 2. The van der Waals surface area contributed by atoms with E-state index < -0.39 is 4.92 Å². The fourth-order valence-electron chi connectivity index (χ4n) is 2.18. The number of nitro benzene ring substituents is 1. The molecule has 0 saturated carbocycles. The van der Waals surface area contributed by atoms with Crippen molar-refractivity contribution in [2.45, 2.75) is 19.4 Å². The minimum Gasteiger partial charge on any atom is -0.393 e. The van der Waals surface area contributed by atoms with Gasteiger partial charge in [0.1, 0.15) is 11.4 Å². The molecule has 0 aliphatic carbocycles. The molecule has 5 heteroatoms. The number of benzene rings is 2. The molecule has 0 aromatic heterocycles. The second kappa shape index (κ2) is 6.06. The molecule has 2 aromatic carbocycles. The van der Waals surface area contributed by atoms with Crippen LogP contribution in [0.5, 0.6) is 0 Å². The molecule has 0 heterocycles. The fourth-order valence-corrected chi connectivity index (χ4v) is 2.18. The quantitative estimate of drug-likeness (QED) is 0.493. The lowest BCUT2D eigenvalue weighted by Crippen LogP contribution is -2.11. The summed E-state index contributed by atoms with van der Waals surface area (Å²) in [6, 6.07) is 14.8. The van der Waals surface area contributed by atoms with E-state index in [0.717, 1.165) is 12.0 Å². The molecular formula is C15H17N3O2. The Balaban J connectivity index is 2.33. The maximum absolute atomic E-state index is 11.1. The number of para-hydroxylation sites is 1. The summed E-state index contributed by atoms with van der Waals surface area (Å²) in [6.45, 7) is 2.03. The van der Waals surface area contributed by atoms with E-state index >= 15 is 0 Å². The van der Waals surface area contributed by atoms with E-state index in [1.807, 2.05) is 37.3 Å². The maximum atomic E-state index is 11.1. The molecule has 1 unspecified atom stereocenters. The molecule has 0 aliphatic rings. The number of rotatable bonds is 5. The zero-order valence-corrected chi connectivity index (χ0v) is 11.2. The van der Waals surface area contributed by atoms with Crippen LogP contribution in [0, 0.1) is 10.1 Å². The summed E-state index contributed by atoms with van der Waals surface area (Å²) in [4.78, 5) is 10.7. The van der Waals surface area contributed by atoms with Gasteiger partial charge in [-0.05, 0) is 24.1 Å². The van der Waals surface area contributed by atoms with Crippen LogP contribution in [0.4, 0.5) is 17.1 Å². The Labute approximate surface area is 117 Å². The van der Waals surface area contributed by atoms with Crippen molar-refractivity contribution in [3.63, 3.8) is 0 Å². The normalized spacial score (nSPS) is 11.8. The third kappa shape index (κ3) is 2.88. The van der Waals surface area contributed by atoms with E-state index in [1.54, 1.807) is 12.1 Å². The number of nitrogens with zero attached hydrogens (tertiary/aromatic N) is 1. The first-order chi connectivity index (χ1) is 9.63. The lowest BCUT2D eigenvalue weighted by atomic mass is 10.0. The van der Waals surface area contributed by atoms with Crippen LogP contribution in [0.1, 0.15) is 24.9 Å². The Morgan fingerprint density at radius 1 is 1.20 bits per heavy atom. The molecule has 1 atom stereocenters. The lowest BCUT2D eigenvalue weighted by molar-refractivity contribution is -0.383. The Bertz CT molecular complexity index is 599. The van der Waals surface area contributed by atoms with Crippen molar-refractivity contribution in [2.24, 2.45) is 0 Å². The summed E-state index contributed by atoms with van der Waals surface area (Å²) in [5.74, 6) is 0. The highest BCUT2D eigenvalue weighted by molar-refractivity contribution is 5.74. The minimum absolute atomic E-state index is 0.0108. The van der Waals surface area contributed by atoms with Gasteiger partial charge in [0.15, 0.2) is 0 Å². The van der Waals surface area contributed by atoms with Gasteiger partial charge in [-0.2, -0.15) is 0 Å². The summed E-state index contributed by atoms with van der Waals surface area (Å²) in [6.07, 6.45) is 0.815. The molecule has 2 aromatic rings. The Morgan fingerprint density at radius 3 is 2.50 bits per heavy atom. The Kier molecular flexibility index (Phi) is 4.20. The van der Waals surface area contributed by atoms with Gasteiger partial charge in [0.05, 0.1) is 11.0 Å². The number of hydrogen-bond acceptors (Lipinski definition) is 4. The van der Waals surface area contributed by atoms with Crippen molar-refractivity contribution < 1.29 is 4.92 Å². The molecule has 0 spiro atoms. The van der Waals surface area contributed by atoms with Gasteiger partial charge in [0.25, 0.3) is 0 Å². The van der Waals surface area contributed by atoms with E-state index in [1.165, 1.54) is 6.07 Å². The molecule has 0 fully saturated rings. The highest BCUT2D eigenvalue weighted by Gasteiger charge is 2.20. The van der Waals surface area contributed by atoms with Gasteiger partial charge >= 0.3 is 5.69 Å². The number of nitrogens with two attached hydrogens (primary N) is 1. The molecule has 104 valence electrons. The average molecular weight is 271 g/mol. The third-order valence-corrected chi connectivity index (χ3v) is 3.19. The third-order valence-electron chi connectivity index (χ3n) is 3.19. The van der Waals surface area contributed by atoms with E-state index in [4.69, 9.17) is 5.73 Å². The second-order valence-electron chi connectivity index (χ2n) is 4.52. The molecule has 0 amide bonds. The van der Waals surface area contributed by atoms with Gasteiger partial charge in [-0.25, -0.2) is 0 Å². The minimum atomic E-state index is -0.449. The first kappa shape index (κ1) is 13.9. The van der Waals surface area contributed by atoms with Crippen molar-refractivity contribution >= 4 is 17.1 Å². The molecule has 2 rings (SSSR count). The van der Waals surface area contributed by atoms with Crippen LogP contribution >= 0.6 is 0 Å². The van der Waals surface area contributed by atoms with Crippen molar-refractivity contribution in [2.75, 3.05) is 11.1 Å². The van der Waals surface area contributed by atoms with Gasteiger partial charge in [-0.1, -0.05) is 43.3 Å². The summed E-state index contributed by atoms with van der Waals surface area (Å²) in [7, 11) is 0. The van der Waals surface area contributed by atoms with Gasteiger partial charge in [-0.15, -0.1) is 0 Å². The summed E-state index contributed by atoms with van der Waals surface area (Å²) in [5, 5.41) is 14.3. The first-order valence-electron chi connectivity index (χ1n) is 6.47. The van der Waals surface area contributed by atoms with E-state index in [2.05, 4.69) is 5.32 Å². The highest BCUT2D eigenvalue weighted by atomic mass is 16.6. The molecular weight excluding hydrogens is 254 g/mol. The number of nitrogens with one attached hydrogen (secondary N) is 1. The van der Waals surface area contributed by atoms with Crippen LogP contribution in [-0.2, 0) is 0 Å². The summed E-state index contributed by atoms with van der Waals surface area (Å²) < 4.78 is 0. The predicted molar refractivity (Wildman–Crippen MR) is 80.6 cm³/mol. The Hall–Kier alpha value is -2.56. The van der Waals surface area contributed by atoms with E-state index in [0.29, 0.717) is 5.69 Å². The van der Waals surface area contributed by atoms with Crippen molar-refractivity contribution in [3.05, 3.63) is 64.2 Å². The molecule has 0 bridgehead atoms. The van der Waals surface area contributed by atoms with Crippen LogP contribution in [0.2, 0.25) is 0 Å². The topological polar surface area (TPSA) is 81.2 Å². The fraction of sp³-hybridized carbons (Fsp3) is 0.200. The molecule has 20 heavy (non-hydrogen) atoms. The van der Waals surface area contributed by atoms with Crippen LogP contribution in [-0.4, -0.2) is 4.92 Å². The van der Waals surface area contributed by atoms with E-state index in [9.17, 15) is 10.1 Å². The van der Waals surface area contributed by atoms with Crippen molar-refractivity contribution in [1.29, 1.82) is 0 Å². The summed E-state index contributed by atoms with van der Waals surface area (Å²) >= 11 is 0. The van der Waals surface area contributed by atoms with Crippen LogP contribution in [0.3, 0.4) is 0 Å². The van der Waals surface area contributed by atoms with Gasteiger partial charge in [-0.3, -0.25) is 10.1 Å². The molecule has 0 aliphatic heterocycles. The van der Waals surface area contributed by atoms with Crippen molar-refractivity contribution in [1.82, 2.24) is 0 Å².